The summed E-state index contributed by atoms with van der Waals surface area (Å²) in [6, 6.07) is 13.1. The fraction of sp³-hybridized carbons (Fsp3) is 0.464. The molecule has 0 unspecified atom stereocenters. The second kappa shape index (κ2) is 10.00. The summed E-state index contributed by atoms with van der Waals surface area (Å²) in [7, 11) is 0. The third-order valence-electron chi connectivity index (χ3n) is 6.89. The van der Waals surface area contributed by atoms with Crippen LogP contribution in [0.25, 0.3) is 0 Å². The average Bonchev–Trinajstić information content (AvgIpc) is 3.00. The zero-order chi connectivity index (χ0) is 25.2. The Bertz CT molecular complexity index is 1040. The molecule has 2 aromatic rings. The minimum atomic E-state index is -0.994. The normalized spacial score (nSPS) is 15.6. The number of carbonyl (C=O) groups is 3. The first kappa shape index (κ1) is 25.5. The topological polar surface area (TPSA) is 69.7 Å². The van der Waals surface area contributed by atoms with E-state index in [0.717, 1.165) is 27.3 Å². The lowest BCUT2D eigenvalue weighted by Crippen LogP contribution is -2.49. The molecule has 0 radical (unpaired) electrons. The number of hydrogen-bond donors (Lipinski definition) is 1. The highest BCUT2D eigenvalue weighted by atomic mass is 16.2. The fourth-order valence-corrected chi connectivity index (χ4v) is 4.81. The van der Waals surface area contributed by atoms with Gasteiger partial charge in [0.25, 0.3) is 5.91 Å². The van der Waals surface area contributed by atoms with Crippen LogP contribution in [0.15, 0.2) is 42.5 Å². The molecule has 0 aromatic heterocycles. The highest BCUT2D eigenvalue weighted by Crippen LogP contribution is 2.38. The molecule has 2 aromatic carbocycles. The van der Waals surface area contributed by atoms with Crippen molar-refractivity contribution in [1.82, 2.24) is 4.90 Å². The molecule has 0 spiro atoms. The summed E-state index contributed by atoms with van der Waals surface area (Å²) in [5, 5.41) is 3.03. The zero-order valence-electron chi connectivity index (χ0n) is 21.4. The molecule has 0 atom stereocenters. The first-order chi connectivity index (χ1) is 16.1. The summed E-state index contributed by atoms with van der Waals surface area (Å²) in [5.74, 6) is -0.258. The quantitative estimate of drug-likeness (QED) is 0.473. The minimum absolute atomic E-state index is 0.217. The number of urea groups is 1. The molecule has 0 bridgehead atoms. The van der Waals surface area contributed by atoms with Gasteiger partial charge in [0, 0.05) is 11.4 Å². The van der Waals surface area contributed by atoms with E-state index < -0.39 is 11.6 Å². The molecule has 0 aliphatic carbocycles. The molecule has 4 amide bonds. The van der Waals surface area contributed by atoms with Gasteiger partial charge in [-0.1, -0.05) is 77.4 Å². The smallest absolute Gasteiger partial charge is 0.324 e. The van der Waals surface area contributed by atoms with Crippen LogP contribution < -0.4 is 10.2 Å². The van der Waals surface area contributed by atoms with E-state index in [4.69, 9.17) is 0 Å². The molecule has 182 valence electrons. The Labute approximate surface area is 203 Å². The van der Waals surface area contributed by atoms with E-state index in [9.17, 15) is 14.4 Å². The number of hydrogen-bond acceptors (Lipinski definition) is 3. The van der Waals surface area contributed by atoms with Gasteiger partial charge in [-0.05, 0) is 54.9 Å². The van der Waals surface area contributed by atoms with Crippen LogP contribution in [0, 0.1) is 6.92 Å². The Kier molecular flexibility index (Phi) is 7.49. The lowest BCUT2D eigenvalue weighted by molar-refractivity contribution is -0.133. The molecule has 6 nitrogen and oxygen atoms in total. The molecule has 1 N–H and O–H groups in total. The predicted molar refractivity (Wildman–Crippen MR) is 137 cm³/mol. The van der Waals surface area contributed by atoms with Gasteiger partial charge in [0.05, 0.1) is 0 Å². The van der Waals surface area contributed by atoms with Gasteiger partial charge in [-0.2, -0.15) is 0 Å². The second-order valence-corrected chi connectivity index (χ2v) is 9.75. The van der Waals surface area contributed by atoms with Gasteiger partial charge >= 0.3 is 6.03 Å². The number of carbonyl (C=O) groups excluding carboxylic acids is 3. The molecule has 1 fully saturated rings. The molecule has 1 aliphatic rings. The van der Waals surface area contributed by atoms with Crippen molar-refractivity contribution in [1.29, 1.82) is 0 Å². The van der Waals surface area contributed by atoms with E-state index in [0.29, 0.717) is 18.5 Å². The van der Waals surface area contributed by atoms with Crippen LogP contribution in [0.3, 0.4) is 0 Å². The fourth-order valence-electron chi connectivity index (χ4n) is 4.81. The molecule has 1 saturated heterocycles. The van der Waals surface area contributed by atoms with E-state index in [1.807, 2.05) is 63.2 Å². The number of para-hydroxylation sites is 1. The van der Waals surface area contributed by atoms with Crippen molar-refractivity contribution in [2.75, 3.05) is 16.8 Å². The Hall–Kier alpha value is -3.15. The van der Waals surface area contributed by atoms with Crippen molar-refractivity contribution in [2.45, 2.75) is 78.7 Å². The molecule has 3 rings (SSSR count). The van der Waals surface area contributed by atoms with E-state index in [-0.39, 0.29) is 30.2 Å². The molecule has 6 heteroatoms. The number of nitrogens with one attached hydrogen (secondary N) is 1. The second-order valence-electron chi connectivity index (χ2n) is 9.75. The number of benzene rings is 2. The van der Waals surface area contributed by atoms with Crippen molar-refractivity contribution in [3.63, 3.8) is 0 Å². The van der Waals surface area contributed by atoms with E-state index >= 15 is 0 Å². The number of anilines is 2. The van der Waals surface area contributed by atoms with Gasteiger partial charge < -0.3 is 5.32 Å². The largest absolute Gasteiger partial charge is 0.332 e. The summed E-state index contributed by atoms with van der Waals surface area (Å²) >= 11 is 0. The number of imide groups is 1. The molecule has 34 heavy (non-hydrogen) atoms. The first-order valence-corrected chi connectivity index (χ1v) is 12.2. The van der Waals surface area contributed by atoms with Crippen molar-refractivity contribution in [3.8, 4) is 0 Å². The summed E-state index contributed by atoms with van der Waals surface area (Å²) < 4.78 is 0. The third-order valence-corrected chi connectivity index (χ3v) is 6.89. The SMILES string of the molecule is CCC1(CC)C(=O)N(CC(=O)Nc2c(C(C)C)cccc2C(C)C)C(=O)N1c1ccc(C)cc1. The van der Waals surface area contributed by atoms with Crippen LogP contribution in [-0.2, 0) is 9.59 Å². The lowest BCUT2D eigenvalue weighted by Gasteiger charge is -2.33. The molecule has 1 heterocycles. The van der Waals surface area contributed by atoms with Crippen LogP contribution in [0.5, 0.6) is 0 Å². The molecule has 1 aliphatic heterocycles. The van der Waals surface area contributed by atoms with Crippen LogP contribution in [0.1, 0.15) is 82.9 Å². The van der Waals surface area contributed by atoms with Crippen LogP contribution in [0.2, 0.25) is 0 Å². The van der Waals surface area contributed by atoms with Gasteiger partial charge in [-0.3, -0.25) is 19.4 Å². The monoisotopic (exact) mass is 463 g/mol. The van der Waals surface area contributed by atoms with Crippen LogP contribution in [-0.4, -0.2) is 34.8 Å². The van der Waals surface area contributed by atoms with Crippen molar-refractivity contribution < 1.29 is 14.4 Å². The molecular formula is C28H37N3O3. The highest BCUT2D eigenvalue weighted by molar-refractivity contribution is 6.18. The predicted octanol–water partition coefficient (Wildman–Crippen LogP) is 6.21. The summed E-state index contributed by atoms with van der Waals surface area (Å²) in [5.41, 5.74) is 3.60. The third kappa shape index (κ3) is 4.46. The molecular weight excluding hydrogens is 426 g/mol. The van der Waals surface area contributed by atoms with Crippen molar-refractivity contribution in [2.24, 2.45) is 0 Å². The number of aryl methyl sites for hydroxylation is 1. The number of amides is 4. The Morgan fingerprint density at radius 3 is 1.91 bits per heavy atom. The maximum atomic E-state index is 13.6. The van der Waals surface area contributed by atoms with E-state index in [1.165, 1.54) is 0 Å². The van der Waals surface area contributed by atoms with Gasteiger partial charge in [-0.15, -0.1) is 0 Å². The molecule has 0 saturated carbocycles. The van der Waals surface area contributed by atoms with E-state index in [2.05, 4.69) is 33.0 Å². The summed E-state index contributed by atoms with van der Waals surface area (Å²) in [4.78, 5) is 43.0. The van der Waals surface area contributed by atoms with E-state index in [1.54, 1.807) is 4.90 Å². The van der Waals surface area contributed by atoms with Crippen molar-refractivity contribution >= 4 is 29.2 Å². The summed E-state index contributed by atoms with van der Waals surface area (Å²) in [6.45, 7) is 13.8. The number of nitrogens with zero attached hydrogens (tertiary/aromatic N) is 2. The standard InChI is InChI=1S/C28H37N3O3/c1-8-28(9-2)26(33)30(27(34)31(28)21-15-13-20(7)14-16-21)17-24(32)29-25-22(18(3)4)11-10-12-23(25)19(5)6/h10-16,18-19H,8-9,17H2,1-7H3,(H,29,32). The highest BCUT2D eigenvalue weighted by Gasteiger charge is 2.56. The maximum Gasteiger partial charge on any atom is 0.332 e. The Morgan fingerprint density at radius 1 is 0.912 bits per heavy atom. The number of rotatable bonds is 8. The lowest BCUT2D eigenvalue weighted by atomic mass is 9.90. The first-order valence-electron chi connectivity index (χ1n) is 12.2. The van der Waals surface area contributed by atoms with Gasteiger partial charge in [0.1, 0.15) is 12.1 Å². The van der Waals surface area contributed by atoms with Crippen molar-refractivity contribution in [3.05, 3.63) is 59.2 Å². The van der Waals surface area contributed by atoms with Crippen LogP contribution in [0.4, 0.5) is 16.2 Å². The Balaban J connectivity index is 1.93. The zero-order valence-corrected chi connectivity index (χ0v) is 21.4. The van der Waals surface area contributed by atoms with Gasteiger partial charge in [0.2, 0.25) is 5.91 Å². The average molecular weight is 464 g/mol. The maximum absolute atomic E-state index is 13.6. The van der Waals surface area contributed by atoms with Gasteiger partial charge in [-0.25, -0.2) is 4.79 Å². The minimum Gasteiger partial charge on any atom is -0.324 e. The Morgan fingerprint density at radius 2 is 1.44 bits per heavy atom. The van der Waals surface area contributed by atoms with Gasteiger partial charge in [0.15, 0.2) is 0 Å². The van der Waals surface area contributed by atoms with Crippen LogP contribution >= 0.6 is 0 Å². The summed E-state index contributed by atoms with van der Waals surface area (Å²) in [6.07, 6.45) is 0.932.